The zero-order valence-electron chi connectivity index (χ0n) is 15.1. The number of pyridine rings is 2. The van der Waals surface area contributed by atoms with E-state index in [1.807, 2.05) is 66.9 Å². The van der Waals surface area contributed by atoms with Crippen LogP contribution in [0.25, 0.3) is 29.0 Å². The van der Waals surface area contributed by atoms with Crippen LogP contribution in [-0.4, -0.2) is 41.7 Å². The van der Waals surface area contributed by atoms with Gasteiger partial charge >= 0.3 is 11.9 Å². The maximum Gasteiger partial charge on any atom is 0.414 e. The fraction of sp³-hybridized carbons (Fsp3) is 0. The van der Waals surface area contributed by atoms with E-state index in [1.165, 1.54) is 0 Å². The maximum atomic E-state index is 9.10. The summed E-state index contributed by atoms with van der Waals surface area (Å²) in [7, 11) is 0. The lowest BCUT2D eigenvalue weighted by Gasteiger charge is -2.05. The predicted octanol–water partition coefficient (Wildman–Crippen LogP) is 3.14. The second-order valence-corrected chi connectivity index (χ2v) is 5.71. The Balaban J connectivity index is 0.000000353. The molecule has 144 valence electrons. The zero-order valence-corrected chi connectivity index (χ0v) is 15.1. The summed E-state index contributed by atoms with van der Waals surface area (Å²) in [5.74, 6) is -1.95. The molecule has 3 aromatic heterocycles. The van der Waals surface area contributed by atoms with E-state index in [9.17, 15) is 0 Å². The third-order valence-corrected chi connectivity index (χ3v) is 3.76. The SMILES string of the molecule is C(=C\c1nc2ccccc2n1-c1ccccn1)/c1cccnc1.O=C(O)C(=O)O. The largest absolute Gasteiger partial charge is 0.473 e. The Morgan fingerprint density at radius 1 is 0.862 bits per heavy atom. The van der Waals surface area contributed by atoms with Gasteiger partial charge in [0.25, 0.3) is 0 Å². The molecule has 0 aliphatic rings. The third-order valence-electron chi connectivity index (χ3n) is 3.76. The minimum absolute atomic E-state index is 0.841. The van der Waals surface area contributed by atoms with Crippen LogP contribution < -0.4 is 0 Å². The molecule has 0 saturated carbocycles. The number of hydrogen-bond acceptors (Lipinski definition) is 5. The predicted molar refractivity (Wildman–Crippen MR) is 107 cm³/mol. The van der Waals surface area contributed by atoms with E-state index in [2.05, 4.69) is 20.6 Å². The summed E-state index contributed by atoms with van der Waals surface area (Å²) in [6, 6.07) is 17.9. The lowest BCUT2D eigenvalue weighted by atomic mass is 10.2. The number of rotatable bonds is 3. The van der Waals surface area contributed by atoms with E-state index in [0.717, 1.165) is 28.2 Å². The fourth-order valence-electron chi connectivity index (χ4n) is 2.53. The minimum Gasteiger partial charge on any atom is -0.473 e. The van der Waals surface area contributed by atoms with Crippen molar-refractivity contribution in [1.82, 2.24) is 19.5 Å². The molecule has 4 rings (SSSR count). The second kappa shape index (κ2) is 9.05. The van der Waals surface area contributed by atoms with Gasteiger partial charge in [0, 0.05) is 18.6 Å². The van der Waals surface area contributed by atoms with Crippen LogP contribution in [0.5, 0.6) is 0 Å². The quantitative estimate of drug-likeness (QED) is 0.518. The number of para-hydroxylation sites is 2. The highest BCUT2D eigenvalue weighted by molar-refractivity contribution is 6.27. The Morgan fingerprint density at radius 3 is 2.28 bits per heavy atom. The standard InChI is InChI=1S/C19H14N4.C2H2O4/c1-2-8-17-16(7-1)22-19(11-10-15-6-5-12-20-14-15)23(17)18-9-3-4-13-21-18;3-1(4)2(5)6/h1-14H;(H,3,4)(H,5,6)/b11-10+;. The average molecular weight is 388 g/mol. The van der Waals surface area contributed by atoms with Crippen LogP contribution in [0.1, 0.15) is 11.4 Å². The number of fused-ring (bicyclic) bond motifs is 1. The van der Waals surface area contributed by atoms with E-state index < -0.39 is 11.9 Å². The van der Waals surface area contributed by atoms with Crippen LogP contribution in [0, 0.1) is 0 Å². The number of carbonyl (C=O) groups is 2. The second-order valence-electron chi connectivity index (χ2n) is 5.71. The van der Waals surface area contributed by atoms with Gasteiger partial charge in [-0.2, -0.15) is 0 Å². The molecule has 4 aromatic rings. The fourth-order valence-corrected chi connectivity index (χ4v) is 2.53. The van der Waals surface area contributed by atoms with E-state index in [4.69, 9.17) is 24.8 Å². The molecule has 0 aliphatic carbocycles. The highest BCUT2D eigenvalue weighted by atomic mass is 16.4. The van der Waals surface area contributed by atoms with Gasteiger partial charge in [0.2, 0.25) is 0 Å². The van der Waals surface area contributed by atoms with Crippen molar-refractivity contribution in [2.45, 2.75) is 0 Å². The molecule has 0 radical (unpaired) electrons. The molecule has 8 nitrogen and oxygen atoms in total. The van der Waals surface area contributed by atoms with E-state index in [-0.39, 0.29) is 0 Å². The molecule has 0 spiro atoms. The van der Waals surface area contributed by atoms with Gasteiger partial charge in [-0.25, -0.2) is 19.6 Å². The summed E-state index contributed by atoms with van der Waals surface area (Å²) in [6.45, 7) is 0. The summed E-state index contributed by atoms with van der Waals surface area (Å²) in [6.07, 6.45) is 9.38. The molecule has 0 fully saturated rings. The molecule has 3 heterocycles. The first-order valence-electron chi connectivity index (χ1n) is 8.49. The molecule has 0 saturated heterocycles. The molecule has 0 amide bonds. The number of aromatic nitrogens is 4. The van der Waals surface area contributed by atoms with Gasteiger partial charge in [0.15, 0.2) is 0 Å². The highest BCUT2D eigenvalue weighted by Gasteiger charge is 2.10. The number of benzene rings is 1. The van der Waals surface area contributed by atoms with Crippen LogP contribution in [0.4, 0.5) is 0 Å². The highest BCUT2D eigenvalue weighted by Crippen LogP contribution is 2.21. The molecule has 29 heavy (non-hydrogen) atoms. The van der Waals surface area contributed by atoms with Crippen molar-refractivity contribution in [3.63, 3.8) is 0 Å². The van der Waals surface area contributed by atoms with Gasteiger partial charge in [-0.1, -0.05) is 24.3 Å². The van der Waals surface area contributed by atoms with E-state index >= 15 is 0 Å². The molecule has 0 unspecified atom stereocenters. The van der Waals surface area contributed by atoms with Gasteiger partial charge in [0.05, 0.1) is 11.0 Å². The summed E-state index contributed by atoms with van der Waals surface area (Å²) in [5.41, 5.74) is 3.02. The Bertz CT molecular complexity index is 1140. The molecule has 1 aromatic carbocycles. The van der Waals surface area contributed by atoms with Crippen molar-refractivity contribution in [2.24, 2.45) is 0 Å². The molecule has 0 aliphatic heterocycles. The minimum atomic E-state index is -1.82. The number of hydrogen-bond donors (Lipinski definition) is 2. The number of aliphatic carboxylic acids is 2. The zero-order chi connectivity index (χ0) is 20.6. The van der Waals surface area contributed by atoms with Crippen LogP contribution >= 0.6 is 0 Å². The first kappa shape index (κ1) is 19.4. The van der Waals surface area contributed by atoms with Gasteiger partial charge in [-0.05, 0) is 48.0 Å². The van der Waals surface area contributed by atoms with Gasteiger partial charge in [-0.15, -0.1) is 0 Å². The summed E-state index contributed by atoms with van der Waals surface area (Å²) in [5, 5.41) is 14.8. The lowest BCUT2D eigenvalue weighted by molar-refractivity contribution is -0.159. The summed E-state index contributed by atoms with van der Waals surface area (Å²) < 4.78 is 2.06. The Morgan fingerprint density at radius 2 is 1.62 bits per heavy atom. The Hall–Kier alpha value is -4.33. The van der Waals surface area contributed by atoms with Crippen LogP contribution in [0.15, 0.2) is 73.2 Å². The van der Waals surface area contributed by atoms with Crippen molar-refractivity contribution in [3.05, 3.63) is 84.6 Å². The van der Waals surface area contributed by atoms with Gasteiger partial charge < -0.3 is 10.2 Å². The molecule has 2 N–H and O–H groups in total. The van der Waals surface area contributed by atoms with Crippen molar-refractivity contribution in [2.75, 3.05) is 0 Å². The summed E-state index contributed by atoms with van der Waals surface area (Å²) >= 11 is 0. The maximum absolute atomic E-state index is 9.10. The monoisotopic (exact) mass is 388 g/mol. The number of nitrogens with zero attached hydrogens (tertiary/aromatic N) is 4. The third kappa shape index (κ3) is 4.89. The van der Waals surface area contributed by atoms with Crippen LogP contribution in [0.2, 0.25) is 0 Å². The molecule has 0 atom stereocenters. The van der Waals surface area contributed by atoms with Gasteiger partial charge in [-0.3, -0.25) is 9.55 Å². The van der Waals surface area contributed by atoms with Crippen molar-refractivity contribution >= 4 is 35.1 Å². The Labute approximate surface area is 165 Å². The van der Waals surface area contributed by atoms with Gasteiger partial charge in [0.1, 0.15) is 11.6 Å². The van der Waals surface area contributed by atoms with E-state index in [1.54, 1.807) is 12.4 Å². The number of carboxylic acid groups (broad SMARTS) is 2. The van der Waals surface area contributed by atoms with Crippen molar-refractivity contribution < 1.29 is 19.8 Å². The van der Waals surface area contributed by atoms with Crippen molar-refractivity contribution in [1.29, 1.82) is 0 Å². The van der Waals surface area contributed by atoms with E-state index in [0.29, 0.717) is 0 Å². The normalized spacial score (nSPS) is 10.5. The van der Waals surface area contributed by atoms with Crippen LogP contribution in [-0.2, 0) is 9.59 Å². The number of imidazole rings is 1. The lowest BCUT2D eigenvalue weighted by Crippen LogP contribution is -2.09. The number of carboxylic acids is 2. The molecular weight excluding hydrogens is 372 g/mol. The topological polar surface area (TPSA) is 118 Å². The molecular formula is C21H16N4O4. The summed E-state index contributed by atoms with van der Waals surface area (Å²) in [4.78, 5) is 31.5. The first-order valence-corrected chi connectivity index (χ1v) is 8.49. The first-order chi connectivity index (χ1) is 14.1. The molecule has 8 heteroatoms. The van der Waals surface area contributed by atoms with Crippen molar-refractivity contribution in [3.8, 4) is 5.82 Å². The molecule has 0 bridgehead atoms. The Kier molecular flexibility index (Phi) is 6.06. The van der Waals surface area contributed by atoms with Crippen LogP contribution in [0.3, 0.4) is 0 Å². The average Bonchev–Trinajstić information content (AvgIpc) is 3.12. The smallest absolute Gasteiger partial charge is 0.414 e.